The minimum Gasteiger partial charge on any atom is -0.444 e. The van der Waals surface area contributed by atoms with Crippen molar-refractivity contribution in [3.05, 3.63) is 0 Å². The molecule has 2 fully saturated rings. The van der Waals surface area contributed by atoms with Gasteiger partial charge in [-0.25, -0.2) is 4.79 Å². The Labute approximate surface area is 142 Å². The second kappa shape index (κ2) is 8.36. The molecule has 2 N–H and O–H groups in total. The molecule has 0 aliphatic heterocycles. The summed E-state index contributed by atoms with van der Waals surface area (Å²) in [5.41, 5.74) is -0.418. The molecule has 2 rings (SSSR count). The molecular weight excluding hydrogens is 288 g/mol. The fourth-order valence-corrected chi connectivity index (χ4v) is 4.10. The van der Waals surface area contributed by atoms with Crippen molar-refractivity contribution in [1.29, 1.82) is 0 Å². The van der Waals surface area contributed by atoms with Crippen LogP contribution in [-0.4, -0.2) is 29.8 Å². The van der Waals surface area contributed by atoms with Gasteiger partial charge in [0.1, 0.15) is 5.60 Å². The third kappa shape index (κ3) is 6.33. The second-order valence-electron chi connectivity index (χ2n) is 8.42. The number of alkyl carbamates (subject to hydrolysis) is 1. The normalized spacial score (nSPS) is 32.3. The Hall–Kier alpha value is -0.770. The standard InChI is InChI=1S/C19H36N2O2/c1-5-14-8-6-7-9-17(14)20-15-10-12-16(13-11-15)21-18(22)23-19(2,3)4/h14-17,20H,5-13H2,1-4H3,(H,21,22). The third-order valence-electron chi connectivity index (χ3n) is 5.33. The summed E-state index contributed by atoms with van der Waals surface area (Å²) in [6.07, 6.45) is 11.0. The van der Waals surface area contributed by atoms with Crippen LogP contribution in [0.15, 0.2) is 0 Å². The van der Waals surface area contributed by atoms with Crippen LogP contribution >= 0.6 is 0 Å². The van der Waals surface area contributed by atoms with Gasteiger partial charge in [0.15, 0.2) is 0 Å². The lowest BCUT2D eigenvalue weighted by Crippen LogP contribution is -2.48. The molecule has 0 aromatic carbocycles. The highest BCUT2D eigenvalue weighted by molar-refractivity contribution is 5.68. The van der Waals surface area contributed by atoms with Crippen LogP contribution in [-0.2, 0) is 4.74 Å². The first-order valence-electron chi connectivity index (χ1n) is 9.63. The van der Waals surface area contributed by atoms with Crippen LogP contribution in [0.4, 0.5) is 4.79 Å². The first kappa shape index (κ1) is 18.6. The summed E-state index contributed by atoms with van der Waals surface area (Å²) in [4.78, 5) is 11.9. The van der Waals surface area contributed by atoms with E-state index in [1.54, 1.807) is 0 Å². The van der Waals surface area contributed by atoms with Gasteiger partial charge in [-0.05, 0) is 65.2 Å². The highest BCUT2D eigenvalue weighted by Gasteiger charge is 2.29. The summed E-state index contributed by atoms with van der Waals surface area (Å²) < 4.78 is 5.35. The molecule has 0 bridgehead atoms. The largest absolute Gasteiger partial charge is 0.444 e. The van der Waals surface area contributed by atoms with Crippen molar-refractivity contribution in [2.45, 2.75) is 109 Å². The quantitative estimate of drug-likeness (QED) is 0.807. The first-order chi connectivity index (χ1) is 10.9. The maximum Gasteiger partial charge on any atom is 0.407 e. The summed E-state index contributed by atoms with van der Waals surface area (Å²) in [6, 6.07) is 1.62. The molecule has 0 radical (unpaired) electrons. The van der Waals surface area contributed by atoms with Crippen molar-refractivity contribution in [1.82, 2.24) is 10.6 Å². The molecule has 23 heavy (non-hydrogen) atoms. The Morgan fingerprint density at radius 1 is 1.00 bits per heavy atom. The second-order valence-corrected chi connectivity index (χ2v) is 8.42. The van der Waals surface area contributed by atoms with Gasteiger partial charge in [-0.2, -0.15) is 0 Å². The first-order valence-corrected chi connectivity index (χ1v) is 9.63. The van der Waals surface area contributed by atoms with Gasteiger partial charge in [-0.15, -0.1) is 0 Å². The summed E-state index contributed by atoms with van der Waals surface area (Å²) in [6.45, 7) is 8.04. The van der Waals surface area contributed by atoms with Crippen LogP contribution in [0, 0.1) is 5.92 Å². The van der Waals surface area contributed by atoms with E-state index in [4.69, 9.17) is 4.74 Å². The Bertz CT molecular complexity index is 370. The van der Waals surface area contributed by atoms with Gasteiger partial charge in [0.2, 0.25) is 0 Å². The molecule has 2 atom stereocenters. The molecule has 0 aromatic heterocycles. The predicted molar refractivity (Wildman–Crippen MR) is 94.6 cm³/mol. The van der Waals surface area contributed by atoms with E-state index in [0.717, 1.165) is 31.6 Å². The van der Waals surface area contributed by atoms with Crippen molar-refractivity contribution >= 4 is 6.09 Å². The number of amides is 1. The van der Waals surface area contributed by atoms with Gasteiger partial charge in [-0.1, -0.05) is 26.2 Å². The minimum atomic E-state index is -0.418. The predicted octanol–water partition coefficient (Wildman–Crippen LogP) is 4.38. The zero-order valence-electron chi connectivity index (χ0n) is 15.5. The van der Waals surface area contributed by atoms with Gasteiger partial charge in [-0.3, -0.25) is 0 Å². The van der Waals surface area contributed by atoms with Crippen LogP contribution in [0.3, 0.4) is 0 Å². The van der Waals surface area contributed by atoms with Crippen LogP contribution in [0.5, 0.6) is 0 Å². The summed E-state index contributed by atoms with van der Waals surface area (Å²) in [7, 11) is 0. The summed E-state index contributed by atoms with van der Waals surface area (Å²) in [5.74, 6) is 0.862. The van der Waals surface area contributed by atoms with Gasteiger partial charge in [0.05, 0.1) is 0 Å². The molecule has 0 heterocycles. The molecule has 0 aromatic rings. The Balaban J connectivity index is 1.70. The van der Waals surface area contributed by atoms with Gasteiger partial charge in [0, 0.05) is 18.1 Å². The Kier molecular flexibility index (Phi) is 6.75. The van der Waals surface area contributed by atoms with E-state index in [1.165, 1.54) is 32.1 Å². The molecule has 2 aliphatic carbocycles. The van der Waals surface area contributed by atoms with E-state index in [9.17, 15) is 4.79 Å². The highest BCUT2D eigenvalue weighted by atomic mass is 16.6. The number of hydrogen-bond donors (Lipinski definition) is 2. The van der Waals surface area contributed by atoms with E-state index in [-0.39, 0.29) is 12.1 Å². The molecule has 2 unspecified atom stereocenters. The number of nitrogens with one attached hydrogen (secondary N) is 2. The SMILES string of the molecule is CCC1CCCCC1NC1CCC(NC(=O)OC(C)(C)C)CC1. The lowest BCUT2D eigenvalue weighted by Gasteiger charge is -2.37. The maximum absolute atomic E-state index is 11.9. The zero-order chi connectivity index (χ0) is 16.9. The van der Waals surface area contributed by atoms with E-state index >= 15 is 0 Å². The third-order valence-corrected chi connectivity index (χ3v) is 5.33. The highest BCUT2D eigenvalue weighted by Crippen LogP contribution is 2.29. The van der Waals surface area contributed by atoms with Crippen molar-refractivity contribution in [2.75, 3.05) is 0 Å². The summed E-state index contributed by atoms with van der Waals surface area (Å²) >= 11 is 0. The van der Waals surface area contributed by atoms with Crippen molar-refractivity contribution in [3.8, 4) is 0 Å². The van der Waals surface area contributed by atoms with E-state index in [2.05, 4.69) is 17.6 Å². The monoisotopic (exact) mass is 324 g/mol. The van der Waals surface area contributed by atoms with Crippen molar-refractivity contribution in [2.24, 2.45) is 5.92 Å². The van der Waals surface area contributed by atoms with Crippen LogP contribution in [0.1, 0.15) is 85.5 Å². The number of ether oxygens (including phenoxy) is 1. The molecule has 0 spiro atoms. The molecule has 4 heteroatoms. The smallest absolute Gasteiger partial charge is 0.407 e. The Morgan fingerprint density at radius 3 is 2.22 bits per heavy atom. The Morgan fingerprint density at radius 2 is 1.61 bits per heavy atom. The number of hydrogen-bond acceptors (Lipinski definition) is 3. The van der Waals surface area contributed by atoms with Gasteiger partial charge < -0.3 is 15.4 Å². The maximum atomic E-state index is 11.9. The van der Waals surface area contributed by atoms with E-state index in [0.29, 0.717) is 12.1 Å². The van der Waals surface area contributed by atoms with E-state index in [1.807, 2.05) is 20.8 Å². The average molecular weight is 325 g/mol. The number of rotatable bonds is 4. The number of carbonyl (C=O) groups is 1. The molecule has 1 amide bonds. The molecular formula is C19H36N2O2. The molecule has 2 aliphatic rings. The van der Waals surface area contributed by atoms with Crippen molar-refractivity contribution in [3.63, 3.8) is 0 Å². The molecule has 2 saturated carbocycles. The minimum absolute atomic E-state index is 0.271. The fraction of sp³-hybridized carbons (Fsp3) is 0.947. The molecule has 4 nitrogen and oxygen atoms in total. The van der Waals surface area contributed by atoms with Gasteiger partial charge >= 0.3 is 6.09 Å². The molecule has 134 valence electrons. The van der Waals surface area contributed by atoms with Crippen LogP contribution in [0.25, 0.3) is 0 Å². The topological polar surface area (TPSA) is 50.4 Å². The van der Waals surface area contributed by atoms with Gasteiger partial charge in [0.25, 0.3) is 0 Å². The summed E-state index contributed by atoms with van der Waals surface area (Å²) in [5, 5.41) is 6.96. The van der Waals surface area contributed by atoms with E-state index < -0.39 is 5.60 Å². The zero-order valence-corrected chi connectivity index (χ0v) is 15.5. The lowest BCUT2D eigenvalue weighted by molar-refractivity contribution is 0.0488. The fourth-order valence-electron chi connectivity index (χ4n) is 4.10. The number of carbonyl (C=O) groups excluding carboxylic acids is 1. The van der Waals surface area contributed by atoms with Crippen LogP contribution in [0.2, 0.25) is 0 Å². The van der Waals surface area contributed by atoms with Crippen molar-refractivity contribution < 1.29 is 9.53 Å². The lowest BCUT2D eigenvalue weighted by atomic mass is 9.81. The average Bonchev–Trinajstić information content (AvgIpc) is 2.48. The van der Waals surface area contributed by atoms with Crippen LogP contribution < -0.4 is 10.6 Å². The molecule has 0 saturated heterocycles.